The van der Waals surface area contributed by atoms with E-state index in [1.54, 1.807) is 0 Å². The summed E-state index contributed by atoms with van der Waals surface area (Å²) in [5.41, 5.74) is 4.16. The summed E-state index contributed by atoms with van der Waals surface area (Å²) < 4.78 is 2.28. The van der Waals surface area contributed by atoms with Crippen molar-refractivity contribution >= 4 is 50.6 Å². The standard InChI is InChI=1S/C34H29N7.Rh/c1-37-18-20-39(30-12-5-6-17-35-30)29-23-32-40(21-19-38(2)41(32)34(29)37)31-16-15-25-10-7-11-28(33(25)36-31)27-14-13-24-8-3-4-9-26(24)22-27;/h3-13,15-17,22H,18-21H2,1-2H3;/q-2;+2. The van der Waals surface area contributed by atoms with Crippen molar-refractivity contribution in [3.8, 4) is 11.1 Å². The molecule has 5 heterocycles. The first-order valence-corrected chi connectivity index (χ1v) is 14.0. The van der Waals surface area contributed by atoms with Gasteiger partial charge in [0.2, 0.25) is 0 Å². The molecule has 209 valence electrons. The molecular formula is C34H29N7Rh. The van der Waals surface area contributed by atoms with Crippen molar-refractivity contribution in [1.82, 2.24) is 14.6 Å². The molecule has 0 N–H and O–H groups in total. The number of aromatic nitrogens is 3. The molecule has 3 aromatic carbocycles. The Hall–Kier alpha value is -4.42. The van der Waals surface area contributed by atoms with E-state index in [2.05, 4.69) is 128 Å². The van der Waals surface area contributed by atoms with E-state index in [1.165, 1.54) is 10.8 Å². The maximum absolute atomic E-state index is 5.30. The average molecular weight is 639 g/mol. The second-order valence-electron chi connectivity index (χ2n) is 10.7. The fraction of sp³-hybridized carbons (Fsp3) is 0.176. The van der Waals surface area contributed by atoms with Gasteiger partial charge in [-0.05, 0) is 42.5 Å². The molecule has 0 saturated carbocycles. The predicted octanol–water partition coefficient (Wildman–Crippen LogP) is 6.16. The average Bonchev–Trinajstić information content (AvgIpc) is 3.43. The first-order chi connectivity index (χ1) is 20.2. The molecule has 0 amide bonds. The van der Waals surface area contributed by atoms with Gasteiger partial charge < -0.3 is 24.4 Å². The minimum atomic E-state index is 0. The fourth-order valence-electron chi connectivity index (χ4n) is 6.12. The van der Waals surface area contributed by atoms with E-state index in [9.17, 15) is 0 Å². The third-order valence-electron chi connectivity index (χ3n) is 8.26. The number of hydrogen-bond acceptors (Lipinski definition) is 6. The van der Waals surface area contributed by atoms with Crippen LogP contribution in [0, 0.1) is 12.1 Å². The van der Waals surface area contributed by atoms with Crippen LogP contribution in [0.3, 0.4) is 0 Å². The number of nitrogens with zero attached hydrogens (tertiary/aromatic N) is 7. The Morgan fingerprint density at radius 3 is 2.40 bits per heavy atom. The van der Waals surface area contributed by atoms with Crippen LogP contribution >= 0.6 is 0 Å². The summed E-state index contributed by atoms with van der Waals surface area (Å²) in [7, 11) is 4.30. The van der Waals surface area contributed by atoms with Crippen LogP contribution in [0.5, 0.6) is 0 Å². The molecule has 2 aliphatic heterocycles. The number of hydrogen-bond donors (Lipinski definition) is 0. The molecule has 6 aromatic rings. The van der Waals surface area contributed by atoms with Gasteiger partial charge in [-0.3, -0.25) is 0 Å². The van der Waals surface area contributed by atoms with Gasteiger partial charge in [-0.1, -0.05) is 65.2 Å². The second kappa shape index (κ2) is 10.4. The van der Waals surface area contributed by atoms with Gasteiger partial charge in [0.05, 0.1) is 6.54 Å². The first-order valence-electron chi connectivity index (χ1n) is 14.0. The van der Waals surface area contributed by atoms with Gasteiger partial charge in [0.1, 0.15) is 11.6 Å². The molecule has 42 heavy (non-hydrogen) atoms. The minimum Gasteiger partial charge on any atom is -0.433 e. The number of pyridine rings is 2. The molecule has 0 saturated heterocycles. The van der Waals surface area contributed by atoms with Gasteiger partial charge in [0, 0.05) is 44.2 Å². The van der Waals surface area contributed by atoms with Gasteiger partial charge >= 0.3 is 19.5 Å². The van der Waals surface area contributed by atoms with Crippen molar-refractivity contribution in [1.29, 1.82) is 0 Å². The number of para-hydroxylation sites is 1. The van der Waals surface area contributed by atoms with Gasteiger partial charge in [0.25, 0.3) is 0 Å². The second-order valence-corrected chi connectivity index (χ2v) is 10.7. The molecule has 0 spiro atoms. The van der Waals surface area contributed by atoms with E-state index in [0.717, 1.165) is 77.2 Å². The third-order valence-corrected chi connectivity index (χ3v) is 8.26. The molecule has 8 rings (SSSR count). The zero-order valence-electron chi connectivity index (χ0n) is 23.5. The number of rotatable bonds is 3. The Labute approximate surface area is 258 Å². The maximum atomic E-state index is 5.30. The van der Waals surface area contributed by atoms with Gasteiger partial charge in [-0.25, -0.2) is 9.97 Å². The number of likely N-dealkylation sites (N-methyl/N-ethyl adjacent to an activating group) is 2. The van der Waals surface area contributed by atoms with Crippen LogP contribution in [0.25, 0.3) is 32.8 Å². The summed E-state index contributed by atoms with van der Waals surface area (Å²) in [5, 5.41) is 5.78. The Morgan fingerprint density at radius 1 is 0.738 bits per heavy atom. The minimum absolute atomic E-state index is 0. The quantitative estimate of drug-likeness (QED) is 0.171. The van der Waals surface area contributed by atoms with Crippen LogP contribution in [0.4, 0.5) is 29.0 Å². The summed E-state index contributed by atoms with van der Waals surface area (Å²) in [6.07, 6.45) is 1.85. The molecule has 0 bridgehead atoms. The topological polar surface area (TPSA) is 43.7 Å². The first kappa shape index (κ1) is 26.5. The fourth-order valence-corrected chi connectivity index (χ4v) is 6.12. The van der Waals surface area contributed by atoms with Crippen molar-refractivity contribution in [2.24, 2.45) is 0 Å². The van der Waals surface area contributed by atoms with Gasteiger partial charge in [0.15, 0.2) is 0 Å². The van der Waals surface area contributed by atoms with Crippen molar-refractivity contribution < 1.29 is 19.5 Å². The Kier molecular flexibility index (Phi) is 6.59. The van der Waals surface area contributed by atoms with Crippen LogP contribution < -0.4 is 19.7 Å². The van der Waals surface area contributed by atoms with Crippen molar-refractivity contribution in [3.63, 3.8) is 0 Å². The molecule has 8 heteroatoms. The Morgan fingerprint density at radius 2 is 1.55 bits per heavy atom. The van der Waals surface area contributed by atoms with Crippen LogP contribution in [0.2, 0.25) is 0 Å². The van der Waals surface area contributed by atoms with Gasteiger partial charge in [-0.15, -0.1) is 29.1 Å². The Bertz CT molecular complexity index is 1920. The van der Waals surface area contributed by atoms with E-state index in [0.29, 0.717) is 0 Å². The van der Waals surface area contributed by atoms with E-state index < -0.39 is 0 Å². The largest absolute Gasteiger partial charge is 2.00 e. The van der Waals surface area contributed by atoms with Crippen molar-refractivity contribution in [2.45, 2.75) is 0 Å². The molecule has 0 fully saturated rings. The molecule has 7 nitrogen and oxygen atoms in total. The normalized spacial score (nSPS) is 14.6. The van der Waals surface area contributed by atoms with Crippen LogP contribution in [-0.2, 0) is 19.5 Å². The third kappa shape index (κ3) is 4.21. The van der Waals surface area contributed by atoms with E-state index >= 15 is 0 Å². The monoisotopic (exact) mass is 638 g/mol. The summed E-state index contributed by atoms with van der Waals surface area (Å²) in [6, 6.07) is 36.8. The van der Waals surface area contributed by atoms with Gasteiger partial charge in [-0.2, -0.15) is 6.07 Å². The molecule has 0 unspecified atom stereocenters. The summed E-state index contributed by atoms with van der Waals surface area (Å²) in [4.78, 5) is 16.8. The molecule has 0 aliphatic carbocycles. The van der Waals surface area contributed by atoms with Crippen molar-refractivity contribution in [3.05, 3.63) is 103 Å². The summed E-state index contributed by atoms with van der Waals surface area (Å²) in [5.74, 6) is 3.96. The van der Waals surface area contributed by atoms with E-state index in [4.69, 9.17) is 4.98 Å². The summed E-state index contributed by atoms with van der Waals surface area (Å²) in [6.45, 7) is 3.42. The summed E-state index contributed by atoms with van der Waals surface area (Å²) >= 11 is 0. The SMILES string of the molecule is CN1CCN(c2ccccn2)c2[c-]c3n(c21)N(C)CCN3c1ccc2cccc(-c3[c-]cc4ccccc4c3)c2n1.[Rh+2]. The number of anilines is 5. The zero-order valence-corrected chi connectivity index (χ0v) is 25.1. The van der Waals surface area contributed by atoms with Crippen LogP contribution in [-0.4, -0.2) is 54.9 Å². The predicted molar refractivity (Wildman–Crippen MR) is 167 cm³/mol. The number of fused-ring (bicyclic) bond motifs is 5. The van der Waals surface area contributed by atoms with Crippen LogP contribution in [0.15, 0.2) is 91.1 Å². The molecule has 1 radical (unpaired) electrons. The molecule has 3 aromatic heterocycles. The molecule has 0 atom stereocenters. The molecular weight excluding hydrogens is 609 g/mol. The smallest absolute Gasteiger partial charge is 0.433 e. The Balaban J connectivity index is 0.00000288. The zero-order chi connectivity index (χ0) is 27.5. The van der Waals surface area contributed by atoms with Crippen molar-refractivity contribution in [2.75, 3.05) is 60.0 Å². The maximum Gasteiger partial charge on any atom is 2.00 e. The molecule has 2 aliphatic rings. The van der Waals surface area contributed by atoms with E-state index in [-0.39, 0.29) is 19.5 Å². The van der Waals surface area contributed by atoms with E-state index in [1.807, 2.05) is 18.3 Å². The van der Waals surface area contributed by atoms with Crippen LogP contribution in [0.1, 0.15) is 0 Å². The number of benzene rings is 3.